The number of likely N-dealkylation sites (tertiary alicyclic amines) is 1. The Morgan fingerprint density at radius 1 is 1.21 bits per heavy atom. The molecule has 0 aromatic heterocycles. The molecular weight excluding hydrogens is 471 g/mol. The summed E-state index contributed by atoms with van der Waals surface area (Å²) in [7, 11) is 3.34. The summed E-state index contributed by atoms with van der Waals surface area (Å²) in [6, 6.07) is 7.55. The fraction of sp³-hybridized carbons (Fsp3) is 0.600. The van der Waals surface area contributed by atoms with E-state index in [1.165, 1.54) is 0 Å². The number of methoxy groups -OCH3 is 1. The van der Waals surface area contributed by atoms with Crippen LogP contribution in [-0.4, -0.2) is 63.7 Å². The van der Waals surface area contributed by atoms with Crippen LogP contribution >= 0.6 is 24.0 Å². The number of nitrogens with one attached hydrogen (secondary N) is 2. The number of aliphatic imine (C=N–C) groups is 1. The van der Waals surface area contributed by atoms with Gasteiger partial charge >= 0.3 is 0 Å². The first-order chi connectivity index (χ1) is 13.2. The van der Waals surface area contributed by atoms with E-state index in [-0.39, 0.29) is 29.9 Å². The minimum Gasteiger partial charge on any atom is -0.497 e. The van der Waals surface area contributed by atoms with Crippen LogP contribution in [0.1, 0.15) is 26.2 Å². The van der Waals surface area contributed by atoms with Gasteiger partial charge in [0.05, 0.1) is 13.7 Å². The van der Waals surface area contributed by atoms with Crippen LogP contribution in [0.15, 0.2) is 29.3 Å². The fourth-order valence-corrected chi connectivity index (χ4v) is 3.13. The number of halogens is 1. The third-order valence-corrected chi connectivity index (χ3v) is 4.68. The Hall–Kier alpha value is -1.71. The summed E-state index contributed by atoms with van der Waals surface area (Å²) in [4.78, 5) is 18.5. The number of ether oxygens (including phenoxy) is 2. The highest BCUT2D eigenvalue weighted by atomic mass is 127. The number of amides is 1. The van der Waals surface area contributed by atoms with Crippen molar-refractivity contribution in [3.63, 3.8) is 0 Å². The number of hydrogen-bond donors (Lipinski definition) is 2. The zero-order valence-electron chi connectivity index (χ0n) is 17.1. The normalized spacial score (nSPS) is 14.8. The lowest BCUT2D eigenvalue weighted by molar-refractivity contribution is -0.121. The molecule has 1 aliphatic heterocycles. The molecule has 0 saturated carbocycles. The number of piperidine rings is 1. The van der Waals surface area contributed by atoms with Gasteiger partial charge in [0.25, 0.3) is 0 Å². The Morgan fingerprint density at radius 3 is 2.43 bits per heavy atom. The number of nitrogens with zero attached hydrogens (tertiary/aromatic N) is 2. The Kier molecular flexibility index (Phi) is 11.7. The molecule has 7 nitrogen and oxygen atoms in total. The van der Waals surface area contributed by atoms with Gasteiger partial charge in [-0.15, -0.1) is 24.0 Å². The van der Waals surface area contributed by atoms with Crippen LogP contribution < -0.4 is 20.1 Å². The van der Waals surface area contributed by atoms with Crippen molar-refractivity contribution in [2.45, 2.75) is 26.2 Å². The maximum absolute atomic E-state index is 11.5. The number of carbonyl (C=O) groups is 1. The van der Waals surface area contributed by atoms with E-state index in [1.54, 1.807) is 14.2 Å². The highest BCUT2D eigenvalue weighted by Crippen LogP contribution is 2.20. The minimum atomic E-state index is 0. The van der Waals surface area contributed by atoms with Crippen molar-refractivity contribution in [3.8, 4) is 11.5 Å². The van der Waals surface area contributed by atoms with Gasteiger partial charge in [0.1, 0.15) is 18.1 Å². The molecule has 8 heteroatoms. The maximum Gasteiger partial charge on any atom is 0.220 e. The van der Waals surface area contributed by atoms with Gasteiger partial charge in [-0.2, -0.15) is 0 Å². The topological polar surface area (TPSA) is 75.2 Å². The first-order valence-electron chi connectivity index (χ1n) is 9.67. The van der Waals surface area contributed by atoms with E-state index in [2.05, 4.69) is 22.5 Å². The highest BCUT2D eigenvalue weighted by Gasteiger charge is 2.22. The largest absolute Gasteiger partial charge is 0.497 e. The first-order valence-corrected chi connectivity index (χ1v) is 9.67. The van der Waals surface area contributed by atoms with Crippen molar-refractivity contribution >= 4 is 35.8 Å². The van der Waals surface area contributed by atoms with E-state index in [0.717, 1.165) is 49.9 Å². The molecule has 158 valence electrons. The van der Waals surface area contributed by atoms with Gasteiger partial charge in [-0.25, -0.2) is 4.99 Å². The van der Waals surface area contributed by atoms with Crippen molar-refractivity contribution < 1.29 is 14.3 Å². The van der Waals surface area contributed by atoms with E-state index < -0.39 is 0 Å². The molecule has 0 radical (unpaired) electrons. The summed E-state index contributed by atoms with van der Waals surface area (Å²) in [5.41, 5.74) is 0. The highest BCUT2D eigenvalue weighted by molar-refractivity contribution is 14.0. The minimum absolute atomic E-state index is 0. The molecule has 1 aromatic carbocycles. The summed E-state index contributed by atoms with van der Waals surface area (Å²) in [6.45, 7) is 5.86. The smallest absolute Gasteiger partial charge is 0.220 e. The molecule has 2 rings (SSSR count). The van der Waals surface area contributed by atoms with Crippen LogP contribution in [0.2, 0.25) is 0 Å². The summed E-state index contributed by atoms with van der Waals surface area (Å²) in [5, 5.41) is 6.07. The fourth-order valence-electron chi connectivity index (χ4n) is 3.13. The van der Waals surface area contributed by atoms with Gasteiger partial charge in [-0.3, -0.25) is 4.79 Å². The summed E-state index contributed by atoms with van der Waals surface area (Å²) in [5.74, 6) is 3.14. The standard InChI is InChI=1S/C20H32N4O3.HI/c1-4-22-20(24-12-9-16(10-13-24)15-19(25)21-2)23-11-14-27-18-7-5-17(26-3)6-8-18;/h5-8,16H,4,9-15H2,1-3H3,(H,21,25)(H,22,23);1H. The lowest BCUT2D eigenvalue weighted by atomic mass is 9.93. The van der Waals surface area contributed by atoms with Crippen LogP contribution in [0.4, 0.5) is 0 Å². The van der Waals surface area contributed by atoms with E-state index >= 15 is 0 Å². The van der Waals surface area contributed by atoms with Gasteiger partial charge in [-0.1, -0.05) is 0 Å². The Bertz CT molecular complexity index is 602. The Balaban J connectivity index is 0.00000392. The molecule has 2 N–H and O–H groups in total. The van der Waals surface area contributed by atoms with Gasteiger partial charge < -0.3 is 25.0 Å². The van der Waals surface area contributed by atoms with E-state index in [4.69, 9.17) is 14.5 Å². The molecule has 0 atom stereocenters. The number of rotatable bonds is 8. The zero-order valence-corrected chi connectivity index (χ0v) is 19.4. The second-order valence-corrected chi connectivity index (χ2v) is 6.57. The van der Waals surface area contributed by atoms with Crippen LogP contribution in [0, 0.1) is 5.92 Å². The summed E-state index contributed by atoms with van der Waals surface area (Å²) >= 11 is 0. The van der Waals surface area contributed by atoms with E-state index in [1.807, 2.05) is 24.3 Å². The molecule has 28 heavy (non-hydrogen) atoms. The lowest BCUT2D eigenvalue weighted by Gasteiger charge is -2.34. The van der Waals surface area contributed by atoms with Crippen LogP contribution in [0.3, 0.4) is 0 Å². The van der Waals surface area contributed by atoms with E-state index in [9.17, 15) is 4.79 Å². The van der Waals surface area contributed by atoms with Crippen molar-refractivity contribution in [1.29, 1.82) is 0 Å². The number of guanidine groups is 1. The molecular formula is C20H33IN4O3. The SMILES string of the molecule is CCNC(=NCCOc1ccc(OC)cc1)N1CCC(CC(=O)NC)CC1.I. The van der Waals surface area contributed by atoms with Crippen LogP contribution in [0.25, 0.3) is 0 Å². The van der Waals surface area contributed by atoms with Crippen molar-refractivity contribution in [2.75, 3.05) is 46.9 Å². The van der Waals surface area contributed by atoms with Gasteiger partial charge in [-0.05, 0) is 49.9 Å². The number of hydrogen-bond acceptors (Lipinski definition) is 4. The third kappa shape index (κ3) is 8.12. The average molecular weight is 504 g/mol. The van der Waals surface area contributed by atoms with Crippen molar-refractivity contribution in [2.24, 2.45) is 10.9 Å². The first kappa shape index (κ1) is 24.3. The second-order valence-electron chi connectivity index (χ2n) is 6.57. The zero-order chi connectivity index (χ0) is 19.5. The maximum atomic E-state index is 11.5. The lowest BCUT2D eigenvalue weighted by Crippen LogP contribution is -2.46. The van der Waals surface area contributed by atoms with Crippen LogP contribution in [0.5, 0.6) is 11.5 Å². The molecule has 0 spiro atoms. The molecule has 1 amide bonds. The van der Waals surface area contributed by atoms with E-state index in [0.29, 0.717) is 25.5 Å². The summed E-state index contributed by atoms with van der Waals surface area (Å²) < 4.78 is 10.9. The third-order valence-electron chi connectivity index (χ3n) is 4.68. The van der Waals surface area contributed by atoms with Crippen LogP contribution in [-0.2, 0) is 4.79 Å². The predicted octanol–water partition coefficient (Wildman–Crippen LogP) is 2.51. The second kappa shape index (κ2) is 13.5. The van der Waals surface area contributed by atoms with Crippen molar-refractivity contribution in [1.82, 2.24) is 15.5 Å². The van der Waals surface area contributed by atoms with Crippen molar-refractivity contribution in [3.05, 3.63) is 24.3 Å². The molecule has 0 unspecified atom stereocenters. The number of benzene rings is 1. The molecule has 1 saturated heterocycles. The van der Waals surface area contributed by atoms with Gasteiger partial charge in [0, 0.05) is 33.1 Å². The molecule has 0 bridgehead atoms. The Labute approximate surface area is 185 Å². The van der Waals surface area contributed by atoms with Gasteiger partial charge in [0.2, 0.25) is 5.91 Å². The molecule has 1 heterocycles. The number of carbonyl (C=O) groups excluding carboxylic acids is 1. The average Bonchev–Trinajstić information content (AvgIpc) is 2.71. The molecule has 1 aromatic rings. The quantitative estimate of drug-likeness (QED) is 0.246. The molecule has 0 aliphatic carbocycles. The monoisotopic (exact) mass is 504 g/mol. The predicted molar refractivity (Wildman–Crippen MR) is 123 cm³/mol. The Morgan fingerprint density at radius 2 is 1.86 bits per heavy atom. The molecule has 1 fully saturated rings. The molecule has 1 aliphatic rings. The summed E-state index contributed by atoms with van der Waals surface area (Å²) in [6.07, 6.45) is 2.65. The van der Waals surface area contributed by atoms with Gasteiger partial charge in [0.15, 0.2) is 5.96 Å².